The lowest BCUT2D eigenvalue weighted by Gasteiger charge is -2.35. The second-order valence-electron chi connectivity index (χ2n) is 7.63. The normalized spacial score (nSPS) is 20.4. The molecule has 0 saturated carbocycles. The molecular weight excluding hydrogens is 372 g/mol. The average molecular weight is 399 g/mol. The summed E-state index contributed by atoms with van der Waals surface area (Å²) >= 11 is 0. The second-order valence-corrected chi connectivity index (χ2v) is 9.67. The van der Waals surface area contributed by atoms with Crippen molar-refractivity contribution in [2.24, 2.45) is 0 Å². The van der Waals surface area contributed by atoms with Crippen LogP contribution in [0.5, 0.6) is 0 Å². The summed E-state index contributed by atoms with van der Waals surface area (Å²) in [5.74, 6) is 0.390. The zero-order valence-corrected chi connectivity index (χ0v) is 16.8. The smallest absolute Gasteiger partial charge is 0.226 e. The van der Waals surface area contributed by atoms with Gasteiger partial charge in [0.1, 0.15) is 0 Å². The van der Waals surface area contributed by atoms with Crippen LogP contribution in [0.3, 0.4) is 0 Å². The number of hydrogen-bond donors (Lipinski definition) is 0. The fourth-order valence-electron chi connectivity index (χ4n) is 4.20. The molecule has 2 aliphatic heterocycles. The predicted molar refractivity (Wildman–Crippen MR) is 110 cm³/mol. The van der Waals surface area contributed by atoms with Crippen molar-refractivity contribution in [1.29, 1.82) is 0 Å². The molecule has 4 rings (SSSR count). The summed E-state index contributed by atoms with van der Waals surface area (Å²) in [7, 11) is -3.07. The first kappa shape index (κ1) is 19.2. The predicted octanol–water partition coefficient (Wildman–Crippen LogP) is 2.92. The van der Waals surface area contributed by atoms with E-state index in [1.165, 1.54) is 5.56 Å². The van der Waals surface area contributed by atoms with Gasteiger partial charge >= 0.3 is 0 Å². The van der Waals surface area contributed by atoms with Crippen molar-refractivity contribution < 1.29 is 13.2 Å². The first-order chi connectivity index (χ1) is 13.5. The number of sulfonamides is 1. The molecule has 28 heavy (non-hydrogen) atoms. The minimum absolute atomic E-state index is 0.0571. The molecule has 0 bridgehead atoms. The van der Waals surface area contributed by atoms with E-state index in [-0.39, 0.29) is 17.7 Å². The number of piperidine rings is 1. The highest BCUT2D eigenvalue weighted by molar-refractivity contribution is 7.89. The van der Waals surface area contributed by atoms with Crippen LogP contribution >= 0.6 is 0 Å². The Balaban J connectivity index is 1.32. The summed E-state index contributed by atoms with van der Waals surface area (Å²) in [5, 5.41) is 0. The Kier molecular flexibility index (Phi) is 5.51. The number of carbonyl (C=O) groups excluding carboxylic acids is 1. The molecular formula is C22H26N2O3S. The third-order valence-corrected chi connectivity index (χ3v) is 7.78. The number of carbonyl (C=O) groups is 1. The SMILES string of the molecule is O=C(Cc1ccc(-c2ccccc2)cc1)N1CCC(N2CCCS2(=O)=O)CC1. The van der Waals surface area contributed by atoms with E-state index in [1.807, 2.05) is 35.2 Å². The Hall–Kier alpha value is -2.18. The molecule has 0 aliphatic carbocycles. The van der Waals surface area contributed by atoms with E-state index in [0.29, 0.717) is 26.1 Å². The molecule has 0 atom stereocenters. The molecule has 148 valence electrons. The van der Waals surface area contributed by atoms with Crippen LogP contribution < -0.4 is 0 Å². The number of hydrogen-bond acceptors (Lipinski definition) is 3. The number of nitrogens with zero attached hydrogens (tertiary/aromatic N) is 2. The molecule has 6 heteroatoms. The Morgan fingerprint density at radius 2 is 1.54 bits per heavy atom. The molecule has 0 spiro atoms. The fourth-order valence-corrected chi connectivity index (χ4v) is 6.00. The molecule has 2 saturated heterocycles. The monoisotopic (exact) mass is 398 g/mol. The molecule has 2 aliphatic rings. The van der Waals surface area contributed by atoms with Crippen LogP contribution in [0.15, 0.2) is 54.6 Å². The van der Waals surface area contributed by atoms with E-state index >= 15 is 0 Å². The van der Waals surface area contributed by atoms with Gasteiger partial charge in [0.05, 0.1) is 12.2 Å². The van der Waals surface area contributed by atoms with Crippen molar-refractivity contribution in [2.75, 3.05) is 25.4 Å². The summed E-state index contributed by atoms with van der Waals surface area (Å²) < 4.78 is 25.8. The first-order valence-corrected chi connectivity index (χ1v) is 11.6. The van der Waals surface area contributed by atoms with Gasteiger partial charge in [0.2, 0.25) is 15.9 Å². The number of amides is 1. The van der Waals surface area contributed by atoms with Crippen molar-refractivity contribution in [1.82, 2.24) is 9.21 Å². The lowest BCUT2D eigenvalue weighted by Crippen LogP contribution is -2.47. The van der Waals surface area contributed by atoms with Gasteiger partial charge in [0.15, 0.2) is 0 Å². The summed E-state index contributed by atoms with van der Waals surface area (Å²) in [5.41, 5.74) is 3.32. The quantitative estimate of drug-likeness (QED) is 0.796. The van der Waals surface area contributed by atoms with E-state index in [4.69, 9.17) is 0 Å². The maximum absolute atomic E-state index is 12.7. The largest absolute Gasteiger partial charge is 0.342 e. The standard InChI is InChI=1S/C22H26N2O3S/c25-22(17-18-7-9-20(10-8-18)19-5-2-1-3-6-19)23-14-11-21(12-15-23)24-13-4-16-28(24,26)27/h1-3,5-10,21H,4,11-17H2. The highest BCUT2D eigenvalue weighted by Gasteiger charge is 2.36. The third kappa shape index (κ3) is 4.13. The molecule has 5 nitrogen and oxygen atoms in total. The topological polar surface area (TPSA) is 57.7 Å². The lowest BCUT2D eigenvalue weighted by molar-refractivity contribution is -0.131. The summed E-state index contributed by atoms with van der Waals surface area (Å²) in [4.78, 5) is 14.6. The van der Waals surface area contributed by atoms with Crippen LogP contribution in [0, 0.1) is 0 Å². The summed E-state index contributed by atoms with van der Waals surface area (Å²) in [6, 6.07) is 18.4. The van der Waals surface area contributed by atoms with Gasteiger partial charge in [0, 0.05) is 25.7 Å². The Morgan fingerprint density at radius 3 is 2.14 bits per heavy atom. The Bertz CT molecular complexity index is 918. The molecule has 2 heterocycles. The first-order valence-electron chi connectivity index (χ1n) is 9.94. The molecule has 1 amide bonds. The Morgan fingerprint density at radius 1 is 0.893 bits per heavy atom. The van der Waals surface area contributed by atoms with Gasteiger partial charge < -0.3 is 4.90 Å². The van der Waals surface area contributed by atoms with Crippen LogP contribution in [-0.2, 0) is 21.2 Å². The molecule has 0 radical (unpaired) electrons. The van der Waals surface area contributed by atoms with Crippen LogP contribution in [0.25, 0.3) is 11.1 Å². The van der Waals surface area contributed by atoms with E-state index in [2.05, 4.69) is 24.3 Å². The molecule has 2 aromatic rings. The molecule has 2 fully saturated rings. The summed E-state index contributed by atoms with van der Waals surface area (Å²) in [6.45, 7) is 1.91. The highest BCUT2D eigenvalue weighted by Crippen LogP contribution is 2.25. The fraction of sp³-hybridized carbons (Fsp3) is 0.409. The van der Waals surface area contributed by atoms with E-state index in [9.17, 15) is 13.2 Å². The molecule has 0 unspecified atom stereocenters. The van der Waals surface area contributed by atoms with Crippen molar-refractivity contribution in [3.63, 3.8) is 0 Å². The van der Waals surface area contributed by atoms with E-state index < -0.39 is 10.0 Å². The number of benzene rings is 2. The van der Waals surface area contributed by atoms with Crippen molar-refractivity contribution >= 4 is 15.9 Å². The van der Waals surface area contributed by atoms with Gasteiger partial charge in [-0.15, -0.1) is 0 Å². The Labute approximate surface area is 167 Å². The van der Waals surface area contributed by atoms with Gasteiger partial charge in [-0.05, 0) is 36.0 Å². The zero-order valence-electron chi connectivity index (χ0n) is 16.0. The summed E-state index contributed by atoms with van der Waals surface area (Å²) in [6.07, 6.45) is 2.58. The van der Waals surface area contributed by atoms with E-state index in [0.717, 1.165) is 30.4 Å². The maximum Gasteiger partial charge on any atom is 0.226 e. The molecule has 2 aromatic carbocycles. The lowest BCUT2D eigenvalue weighted by atomic mass is 10.0. The van der Waals surface area contributed by atoms with Gasteiger partial charge in [-0.3, -0.25) is 4.79 Å². The van der Waals surface area contributed by atoms with Gasteiger partial charge in [-0.1, -0.05) is 54.6 Å². The van der Waals surface area contributed by atoms with Crippen molar-refractivity contribution in [3.05, 3.63) is 60.2 Å². The average Bonchev–Trinajstić information content (AvgIpc) is 3.08. The van der Waals surface area contributed by atoms with Gasteiger partial charge in [0.25, 0.3) is 0 Å². The number of rotatable bonds is 4. The highest BCUT2D eigenvalue weighted by atomic mass is 32.2. The van der Waals surface area contributed by atoms with Gasteiger partial charge in [-0.25, -0.2) is 8.42 Å². The van der Waals surface area contributed by atoms with Crippen LogP contribution in [0.1, 0.15) is 24.8 Å². The van der Waals surface area contributed by atoms with Crippen LogP contribution in [0.4, 0.5) is 0 Å². The van der Waals surface area contributed by atoms with Crippen LogP contribution in [0.2, 0.25) is 0 Å². The number of likely N-dealkylation sites (tertiary alicyclic amines) is 1. The van der Waals surface area contributed by atoms with Gasteiger partial charge in [-0.2, -0.15) is 4.31 Å². The minimum Gasteiger partial charge on any atom is -0.342 e. The molecule has 0 N–H and O–H groups in total. The minimum atomic E-state index is -3.07. The van der Waals surface area contributed by atoms with Crippen LogP contribution in [-0.4, -0.2) is 55.0 Å². The van der Waals surface area contributed by atoms with Crippen molar-refractivity contribution in [2.45, 2.75) is 31.7 Å². The van der Waals surface area contributed by atoms with Crippen molar-refractivity contribution in [3.8, 4) is 11.1 Å². The third-order valence-electron chi connectivity index (χ3n) is 5.78. The maximum atomic E-state index is 12.7. The molecule has 0 aromatic heterocycles. The second kappa shape index (κ2) is 8.05. The zero-order chi connectivity index (χ0) is 19.6. The van der Waals surface area contributed by atoms with E-state index in [1.54, 1.807) is 4.31 Å².